The lowest BCUT2D eigenvalue weighted by atomic mass is 9.80. The Labute approximate surface area is 232 Å². The summed E-state index contributed by atoms with van der Waals surface area (Å²) >= 11 is 0. The molecule has 2 aromatic carbocycles. The van der Waals surface area contributed by atoms with Crippen LogP contribution in [0.4, 0.5) is 0 Å². The molecule has 0 atom stereocenters. The molecule has 0 saturated carbocycles. The van der Waals surface area contributed by atoms with Crippen LogP contribution in [0.2, 0.25) is 0 Å². The first kappa shape index (κ1) is 29.2. The Bertz CT molecular complexity index is 1390. The Morgan fingerprint density at radius 3 is 2.18 bits per heavy atom. The van der Waals surface area contributed by atoms with E-state index in [1.807, 2.05) is 18.2 Å². The van der Waals surface area contributed by atoms with E-state index in [1.165, 1.54) is 72.4 Å². The van der Waals surface area contributed by atoms with Gasteiger partial charge < -0.3 is 0 Å². The second kappa shape index (κ2) is 12.0. The summed E-state index contributed by atoms with van der Waals surface area (Å²) in [7, 11) is 0. The monoisotopic (exact) mass is 502 g/mol. The van der Waals surface area contributed by atoms with Crippen molar-refractivity contribution in [1.82, 2.24) is 0 Å². The van der Waals surface area contributed by atoms with Crippen LogP contribution in [-0.2, 0) is 11.8 Å². The van der Waals surface area contributed by atoms with E-state index in [-0.39, 0.29) is 5.41 Å². The quantitative estimate of drug-likeness (QED) is 0.283. The molecule has 0 spiro atoms. The van der Waals surface area contributed by atoms with Gasteiger partial charge in [-0.25, -0.2) is 0 Å². The molecule has 0 saturated heterocycles. The highest BCUT2D eigenvalue weighted by molar-refractivity contribution is 5.91. The van der Waals surface area contributed by atoms with E-state index in [1.54, 1.807) is 0 Å². The predicted octanol–water partition coefficient (Wildman–Crippen LogP) is 11.3. The average Bonchev–Trinajstić information content (AvgIpc) is 3.13. The zero-order valence-corrected chi connectivity index (χ0v) is 25.0. The largest absolute Gasteiger partial charge is 0.0988 e. The van der Waals surface area contributed by atoms with Crippen molar-refractivity contribution in [1.29, 1.82) is 0 Å². The Hall–Kier alpha value is -3.38. The number of allylic oxidation sites excluding steroid dienone is 9. The first-order chi connectivity index (χ1) is 18.1. The molecular weight excluding hydrogens is 456 g/mol. The van der Waals surface area contributed by atoms with E-state index < -0.39 is 0 Å². The highest BCUT2D eigenvalue weighted by atomic mass is 14.4. The minimum Gasteiger partial charge on any atom is -0.0988 e. The molecule has 0 aromatic heterocycles. The van der Waals surface area contributed by atoms with E-state index in [9.17, 15) is 0 Å². The molecule has 0 unspecified atom stereocenters. The smallest absolute Gasteiger partial charge is 0.0159 e. The summed E-state index contributed by atoms with van der Waals surface area (Å²) in [5.41, 5.74) is 17.1. The van der Waals surface area contributed by atoms with Gasteiger partial charge in [0.1, 0.15) is 0 Å². The van der Waals surface area contributed by atoms with Gasteiger partial charge >= 0.3 is 0 Å². The van der Waals surface area contributed by atoms with Crippen LogP contribution >= 0.6 is 0 Å². The van der Waals surface area contributed by atoms with Crippen molar-refractivity contribution < 1.29 is 0 Å². The fraction of sp³-hybridized carbons (Fsp3) is 0.316. The Kier molecular flexibility index (Phi) is 9.21. The Morgan fingerprint density at radius 1 is 0.947 bits per heavy atom. The normalized spacial score (nSPS) is 15.5. The lowest BCUT2D eigenvalue weighted by Gasteiger charge is -2.24. The second-order valence-corrected chi connectivity index (χ2v) is 11.0. The molecular formula is C38H46. The fourth-order valence-electron chi connectivity index (χ4n) is 6.14. The van der Waals surface area contributed by atoms with Gasteiger partial charge in [-0.3, -0.25) is 0 Å². The molecule has 0 N–H and O–H groups in total. The minimum absolute atomic E-state index is 0.0695. The van der Waals surface area contributed by atoms with Gasteiger partial charge in [0.15, 0.2) is 0 Å². The topological polar surface area (TPSA) is 0 Å². The van der Waals surface area contributed by atoms with E-state index in [0.717, 1.165) is 19.3 Å². The zero-order chi connectivity index (χ0) is 28.2. The van der Waals surface area contributed by atoms with E-state index >= 15 is 0 Å². The van der Waals surface area contributed by atoms with Crippen LogP contribution < -0.4 is 0 Å². The summed E-state index contributed by atoms with van der Waals surface area (Å²) in [5.74, 6) is 0. The predicted molar refractivity (Wildman–Crippen MR) is 172 cm³/mol. The van der Waals surface area contributed by atoms with Gasteiger partial charge in [-0.05, 0) is 120 Å². The van der Waals surface area contributed by atoms with Crippen molar-refractivity contribution in [3.05, 3.63) is 130 Å². The molecule has 198 valence electrons. The molecule has 1 aliphatic rings. The lowest BCUT2D eigenvalue weighted by Crippen LogP contribution is -2.16. The number of aryl methyl sites for hydroxylation is 1. The van der Waals surface area contributed by atoms with Crippen molar-refractivity contribution in [2.75, 3.05) is 0 Å². The SMILES string of the molecule is C=C/C(C)=C(\C=C/C)C(/C)=C(CCC)/C(=C\C)Cc1ccc2c(c1)C(C)(C)c1cc(C)c(C=C)c(C=C)c1-2. The molecule has 0 bridgehead atoms. The van der Waals surface area contributed by atoms with Crippen molar-refractivity contribution in [3.63, 3.8) is 0 Å². The van der Waals surface area contributed by atoms with E-state index in [0.29, 0.717) is 0 Å². The zero-order valence-electron chi connectivity index (χ0n) is 25.0. The van der Waals surface area contributed by atoms with Gasteiger partial charge in [-0.15, -0.1) is 0 Å². The highest BCUT2D eigenvalue weighted by Gasteiger charge is 2.37. The van der Waals surface area contributed by atoms with Gasteiger partial charge in [0.05, 0.1) is 0 Å². The summed E-state index contributed by atoms with van der Waals surface area (Å²) in [5, 5.41) is 0. The molecule has 0 heterocycles. The number of benzene rings is 2. The van der Waals surface area contributed by atoms with Crippen molar-refractivity contribution >= 4 is 12.2 Å². The molecule has 3 rings (SSSR count). The molecule has 0 heteroatoms. The Balaban J connectivity index is 2.15. The fourth-order valence-corrected chi connectivity index (χ4v) is 6.14. The number of hydrogen-bond donors (Lipinski definition) is 0. The van der Waals surface area contributed by atoms with Crippen LogP contribution in [0, 0.1) is 6.92 Å². The van der Waals surface area contributed by atoms with Crippen LogP contribution in [0.1, 0.15) is 94.7 Å². The minimum atomic E-state index is -0.0695. The third-order valence-electron chi connectivity index (χ3n) is 8.27. The van der Waals surface area contributed by atoms with Crippen LogP contribution in [0.15, 0.2) is 96.2 Å². The summed E-state index contributed by atoms with van der Waals surface area (Å²) < 4.78 is 0. The van der Waals surface area contributed by atoms with Crippen LogP contribution in [0.5, 0.6) is 0 Å². The molecule has 0 amide bonds. The summed E-state index contributed by atoms with van der Waals surface area (Å²) in [4.78, 5) is 0. The van der Waals surface area contributed by atoms with Crippen LogP contribution in [0.25, 0.3) is 23.3 Å². The number of hydrogen-bond acceptors (Lipinski definition) is 0. The highest BCUT2D eigenvalue weighted by Crippen LogP contribution is 2.52. The average molecular weight is 503 g/mol. The summed E-state index contributed by atoms with van der Waals surface area (Å²) in [6, 6.07) is 9.47. The second-order valence-electron chi connectivity index (χ2n) is 11.0. The molecule has 0 radical (unpaired) electrons. The Morgan fingerprint density at radius 2 is 1.63 bits per heavy atom. The summed E-state index contributed by atoms with van der Waals surface area (Å²) in [6.45, 7) is 30.2. The van der Waals surface area contributed by atoms with Crippen LogP contribution in [-0.4, -0.2) is 0 Å². The van der Waals surface area contributed by atoms with Crippen molar-refractivity contribution in [2.24, 2.45) is 0 Å². The first-order valence-corrected chi connectivity index (χ1v) is 14.0. The maximum Gasteiger partial charge on any atom is 0.0159 e. The van der Waals surface area contributed by atoms with Crippen molar-refractivity contribution in [3.8, 4) is 11.1 Å². The maximum atomic E-state index is 4.17. The van der Waals surface area contributed by atoms with E-state index in [4.69, 9.17) is 0 Å². The lowest BCUT2D eigenvalue weighted by molar-refractivity contribution is 0.658. The first-order valence-electron chi connectivity index (χ1n) is 14.0. The van der Waals surface area contributed by atoms with Crippen molar-refractivity contribution in [2.45, 2.75) is 80.1 Å². The molecule has 0 fully saturated rings. The molecule has 1 aliphatic carbocycles. The van der Waals surface area contributed by atoms with Crippen LogP contribution in [0.3, 0.4) is 0 Å². The van der Waals surface area contributed by atoms with Gasteiger partial charge in [0.2, 0.25) is 0 Å². The molecule has 2 aromatic rings. The van der Waals surface area contributed by atoms with Gasteiger partial charge in [-0.2, -0.15) is 0 Å². The van der Waals surface area contributed by atoms with Gasteiger partial charge in [0, 0.05) is 5.41 Å². The molecule has 0 nitrogen and oxygen atoms in total. The molecule has 0 aliphatic heterocycles. The third-order valence-corrected chi connectivity index (χ3v) is 8.27. The van der Waals surface area contributed by atoms with Gasteiger partial charge in [-0.1, -0.05) is 108 Å². The molecule has 38 heavy (non-hydrogen) atoms. The van der Waals surface area contributed by atoms with E-state index in [2.05, 4.69) is 118 Å². The number of rotatable bonds is 10. The van der Waals surface area contributed by atoms with Gasteiger partial charge in [0.25, 0.3) is 0 Å². The maximum absolute atomic E-state index is 4.17. The number of fused-ring (bicyclic) bond motifs is 3. The third kappa shape index (κ3) is 5.14. The standard InChI is InChI=1S/C38H46/c1-12-18-32(25(7)14-3)27(9)33(19-13-2)29(15-4)23-28-20-21-34-35(24-28)38(10,11)36-22-26(8)30(16-5)31(17-6)37(34)36/h12,14-18,20-22,24H,3,5-6,13,19,23H2,1-2,4,7-11H3/b18-12-,29-15-,32-25+,33-27+. The summed E-state index contributed by atoms with van der Waals surface area (Å²) in [6.07, 6.45) is 15.7.